The Morgan fingerprint density at radius 3 is 3.08 bits per heavy atom. The van der Waals surface area contributed by atoms with Crippen LogP contribution in [0.4, 0.5) is 0 Å². The molecule has 0 aromatic carbocycles. The molecule has 0 radical (unpaired) electrons. The second-order valence-corrected chi connectivity index (χ2v) is 4.20. The average Bonchev–Trinajstić information content (AvgIpc) is 2.52. The van der Waals surface area contributed by atoms with E-state index in [4.69, 9.17) is 4.74 Å². The fourth-order valence-electron chi connectivity index (χ4n) is 0.786. The number of carbonyl (C=O) groups excluding carboxylic acids is 1. The first-order chi connectivity index (χ1) is 6.24. The Hall–Kier alpha value is -0.390. The maximum atomic E-state index is 11.4. The van der Waals surface area contributed by atoms with E-state index in [-0.39, 0.29) is 5.91 Å². The third kappa shape index (κ3) is 3.46. The molecule has 0 aliphatic carbocycles. The van der Waals surface area contributed by atoms with Gasteiger partial charge in [0.05, 0.1) is 11.5 Å². The molecule has 1 amide bonds. The zero-order chi connectivity index (χ0) is 9.68. The van der Waals surface area contributed by atoms with E-state index >= 15 is 0 Å². The number of nitrogens with one attached hydrogen (secondary N) is 1. The van der Waals surface area contributed by atoms with Gasteiger partial charge in [0.1, 0.15) is 0 Å². The van der Waals surface area contributed by atoms with Gasteiger partial charge in [0, 0.05) is 23.5 Å². The monoisotopic (exact) mass is 263 g/mol. The highest BCUT2D eigenvalue weighted by molar-refractivity contribution is 9.10. The van der Waals surface area contributed by atoms with Gasteiger partial charge in [-0.3, -0.25) is 4.79 Å². The summed E-state index contributed by atoms with van der Waals surface area (Å²) in [6.45, 7) is 1.09. The van der Waals surface area contributed by atoms with Gasteiger partial charge in [-0.15, -0.1) is 11.3 Å². The third-order valence-corrected chi connectivity index (χ3v) is 3.07. The Bertz CT molecular complexity index is 287. The topological polar surface area (TPSA) is 38.3 Å². The third-order valence-electron chi connectivity index (χ3n) is 1.38. The first-order valence-corrected chi connectivity index (χ1v) is 5.42. The van der Waals surface area contributed by atoms with Crippen molar-refractivity contribution < 1.29 is 9.53 Å². The number of methoxy groups -OCH3 is 1. The molecule has 72 valence electrons. The molecule has 3 nitrogen and oxygen atoms in total. The van der Waals surface area contributed by atoms with E-state index in [9.17, 15) is 4.79 Å². The van der Waals surface area contributed by atoms with E-state index in [0.717, 1.165) is 4.47 Å². The number of rotatable bonds is 4. The summed E-state index contributed by atoms with van der Waals surface area (Å²) in [5, 5.41) is 4.62. The summed E-state index contributed by atoms with van der Waals surface area (Å²) in [6.07, 6.45) is 0. The Balaban J connectivity index is 2.40. The molecule has 0 unspecified atom stereocenters. The molecule has 0 aliphatic heterocycles. The number of ether oxygens (including phenoxy) is 1. The van der Waals surface area contributed by atoms with Crippen molar-refractivity contribution in [3.05, 3.63) is 20.8 Å². The van der Waals surface area contributed by atoms with Gasteiger partial charge < -0.3 is 10.1 Å². The smallest absolute Gasteiger partial charge is 0.261 e. The lowest BCUT2D eigenvalue weighted by Gasteiger charge is -2.01. The predicted octanol–water partition coefficient (Wildman–Crippen LogP) is 1.89. The molecule has 0 saturated heterocycles. The van der Waals surface area contributed by atoms with Crippen molar-refractivity contribution in [2.45, 2.75) is 0 Å². The van der Waals surface area contributed by atoms with Crippen molar-refractivity contribution in [2.75, 3.05) is 20.3 Å². The van der Waals surface area contributed by atoms with Crippen LogP contribution in [0.15, 0.2) is 15.9 Å². The molecule has 0 aliphatic rings. The number of thiophene rings is 1. The highest BCUT2D eigenvalue weighted by Crippen LogP contribution is 2.19. The van der Waals surface area contributed by atoms with Crippen molar-refractivity contribution in [2.24, 2.45) is 0 Å². The van der Waals surface area contributed by atoms with Gasteiger partial charge in [-0.1, -0.05) is 0 Å². The molecule has 13 heavy (non-hydrogen) atoms. The van der Waals surface area contributed by atoms with Crippen LogP contribution in [0.2, 0.25) is 0 Å². The molecule has 0 bridgehead atoms. The Kier molecular flexibility index (Phi) is 4.41. The summed E-state index contributed by atoms with van der Waals surface area (Å²) in [4.78, 5) is 12.1. The van der Waals surface area contributed by atoms with Crippen LogP contribution in [-0.2, 0) is 4.74 Å². The maximum Gasteiger partial charge on any atom is 0.261 e. The number of halogens is 1. The fourth-order valence-corrected chi connectivity index (χ4v) is 2.13. The molecule has 5 heteroatoms. The lowest BCUT2D eigenvalue weighted by molar-refractivity contribution is 0.0941. The van der Waals surface area contributed by atoms with Crippen LogP contribution in [0.3, 0.4) is 0 Å². The second kappa shape index (κ2) is 5.36. The van der Waals surface area contributed by atoms with E-state index in [0.29, 0.717) is 18.0 Å². The maximum absolute atomic E-state index is 11.4. The molecule has 1 N–H and O–H groups in total. The highest BCUT2D eigenvalue weighted by atomic mass is 79.9. The number of carbonyl (C=O) groups is 1. The standard InChI is InChI=1S/C8H10BrNO2S/c1-12-3-2-10-8(11)7-4-6(9)5-13-7/h4-5H,2-3H2,1H3,(H,10,11). The molecule has 0 spiro atoms. The summed E-state index contributed by atoms with van der Waals surface area (Å²) in [7, 11) is 1.61. The summed E-state index contributed by atoms with van der Waals surface area (Å²) < 4.78 is 5.75. The molecule has 1 aromatic heterocycles. The average molecular weight is 264 g/mol. The van der Waals surface area contributed by atoms with Crippen molar-refractivity contribution in [1.29, 1.82) is 0 Å². The van der Waals surface area contributed by atoms with E-state index in [1.807, 2.05) is 5.38 Å². The minimum absolute atomic E-state index is 0.0484. The van der Waals surface area contributed by atoms with E-state index in [2.05, 4.69) is 21.2 Å². The second-order valence-electron chi connectivity index (χ2n) is 2.38. The first-order valence-electron chi connectivity index (χ1n) is 3.75. The first kappa shape index (κ1) is 10.7. The van der Waals surface area contributed by atoms with Crippen molar-refractivity contribution in [1.82, 2.24) is 5.32 Å². The number of amides is 1. The molecule has 0 saturated carbocycles. The molecule has 1 heterocycles. The van der Waals surface area contributed by atoms with Crippen LogP contribution in [0.1, 0.15) is 9.67 Å². The highest BCUT2D eigenvalue weighted by Gasteiger charge is 2.06. The molecular formula is C8H10BrNO2S. The summed E-state index contributed by atoms with van der Waals surface area (Å²) >= 11 is 4.70. The van der Waals surface area contributed by atoms with Gasteiger partial charge in [0.2, 0.25) is 0 Å². The quantitative estimate of drug-likeness (QED) is 0.843. The van der Waals surface area contributed by atoms with Gasteiger partial charge in [-0.25, -0.2) is 0 Å². The largest absolute Gasteiger partial charge is 0.383 e. The molecular weight excluding hydrogens is 254 g/mol. The van der Waals surface area contributed by atoms with Gasteiger partial charge in [0.25, 0.3) is 5.91 Å². The lowest BCUT2D eigenvalue weighted by Crippen LogP contribution is -2.26. The van der Waals surface area contributed by atoms with Crippen molar-refractivity contribution in [3.8, 4) is 0 Å². The summed E-state index contributed by atoms with van der Waals surface area (Å²) in [5.41, 5.74) is 0. The van der Waals surface area contributed by atoms with Gasteiger partial charge >= 0.3 is 0 Å². The minimum Gasteiger partial charge on any atom is -0.383 e. The lowest BCUT2D eigenvalue weighted by atomic mass is 10.4. The zero-order valence-corrected chi connectivity index (χ0v) is 9.57. The summed E-state index contributed by atoms with van der Waals surface area (Å²) in [6, 6.07) is 1.80. The predicted molar refractivity (Wildman–Crippen MR) is 56.2 cm³/mol. The van der Waals surface area contributed by atoms with Crippen molar-refractivity contribution in [3.63, 3.8) is 0 Å². The Morgan fingerprint density at radius 1 is 1.77 bits per heavy atom. The fraction of sp³-hybridized carbons (Fsp3) is 0.375. The zero-order valence-electron chi connectivity index (χ0n) is 7.17. The molecule has 0 atom stereocenters. The number of hydrogen-bond donors (Lipinski definition) is 1. The normalized spacial score (nSPS) is 10.0. The Labute approximate surface area is 89.2 Å². The van der Waals surface area contributed by atoms with Gasteiger partial charge in [-0.2, -0.15) is 0 Å². The minimum atomic E-state index is -0.0484. The number of hydrogen-bond acceptors (Lipinski definition) is 3. The Morgan fingerprint density at radius 2 is 2.54 bits per heavy atom. The van der Waals surface area contributed by atoms with Crippen LogP contribution in [0.25, 0.3) is 0 Å². The molecule has 0 fully saturated rings. The van der Waals surface area contributed by atoms with Crippen molar-refractivity contribution >= 4 is 33.2 Å². The van der Waals surface area contributed by atoms with E-state index in [1.54, 1.807) is 13.2 Å². The van der Waals surface area contributed by atoms with Gasteiger partial charge in [0.15, 0.2) is 0 Å². The van der Waals surface area contributed by atoms with Crippen LogP contribution in [0, 0.1) is 0 Å². The summed E-state index contributed by atoms with van der Waals surface area (Å²) in [5.74, 6) is -0.0484. The van der Waals surface area contributed by atoms with Crippen LogP contribution in [0.5, 0.6) is 0 Å². The van der Waals surface area contributed by atoms with E-state index < -0.39 is 0 Å². The van der Waals surface area contributed by atoms with Crippen LogP contribution in [-0.4, -0.2) is 26.2 Å². The molecule has 1 aromatic rings. The van der Waals surface area contributed by atoms with Gasteiger partial charge in [-0.05, 0) is 22.0 Å². The molecule has 1 rings (SSSR count). The van der Waals surface area contributed by atoms with E-state index in [1.165, 1.54) is 11.3 Å². The van der Waals surface area contributed by atoms with Crippen LogP contribution >= 0.6 is 27.3 Å². The van der Waals surface area contributed by atoms with Crippen LogP contribution < -0.4 is 5.32 Å². The SMILES string of the molecule is COCCNC(=O)c1cc(Br)cs1.